The average molecular weight is 525 g/mol. The van der Waals surface area contributed by atoms with E-state index in [0.29, 0.717) is 5.56 Å². The van der Waals surface area contributed by atoms with Crippen LogP contribution in [0.1, 0.15) is 18.9 Å². The van der Waals surface area contributed by atoms with Gasteiger partial charge >= 0.3 is 5.97 Å². The molecule has 2 heterocycles. The smallest absolute Gasteiger partial charge is 0.331 e. The highest BCUT2D eigenvalue weighted by atomic mass is 16.8. The summed E-state index contributed by atoms with van der Waals surface area (Å²) in [6.45, 7) is 0.922. The normalized spacial score (nSPS) is 39.3. The number of benzene rings is 1. The van der Waals surface area contributed by atoms with Gasteiger partial charge in [0, 0.05) is 18.4 Å². The predicted octanol–water partition coefficient (Wildman–Crippen LogP) is -0.601. The van der Waals surface area contributed by atoms with Gasteiger partial charge in [-0.1, -0.05) is 6.07 Å². The second-order valence-electron chi connectivity index (χ2n) is 9.57. The largest absolute Gasteiger partial charge is 0.504 e. The summed E-state index contributed by atoms with van der Waals surface area (Å²) < 4.78 is 27.4. The number of phenolic OH excluding ortho intramolecular Hbond substituents is 1. The minimum atomic E-state index is -1.64. The molecule has 2 aliphatic heterocycles. The molecule has 204 valence electrons. The summed E-state index contributed by atoms with van der Waals surface area (Å²) in [6.07, 6.45) is -3.58. The van der Waals surface area contributed by atoms with E-state index in [2.05, 4.69) is 0 Å². The maximum absolute atomic E-state index is 12.6. The minimum absolute atomic E-state index is 0.0340. The monoisotopic (exact) mass is 524 g/mol. The molecule has 1 aromatic rings. The van der Waals surface area contributed by atoms with E-state index in [1.54, 1.807) is 25.1 Å². The molecule has 0 amide bonds. The predicted molar refractivity (Wildman–Crippen MR) is 125 cm³/mol. The quantitative estimate of drug-likeness (QED) is 0.197. The molecule has 1 aliphatic carbocycles. The van der Waals surface area contributed by atoms with Gasteiger partial charge in [0.2, 0.25) is 6.29 Å². The van der Waals surface area contributed by atoms with Crippen molar-refractivity contribution in [1.82, 2.24) is 0 Å². The molecule has 0 bridgehead atoms. The number of aliphatic hydroxyl groups is 5. The van der Waals surface area contributed by atoms with Gasteiger partial charge in [-0.3, -0.25) is 0 Å². The molecule has 1 saturated heterocycles. The first-order chi connectivity index (χ1) is 17.6. The molecular formula is C25H32O12. The Bertz CT molecular complexity index is 1020. The Morgan fingerprint density at radius 3 is 2.65 bits per heavy atom. The summed E-state index contributed by atoms with van der Waals surface area (Å²) in [5.41, 5.74) is -0.811. The lowest BCUT2D eigenvalue weighted by Crippen LogP contribution is -2.60. The highest BCUT2D eigenvalue weighted by Gasteiger charge is 2.57. The number of ether oxygens (including phenoxy) is 5. The Hall–Kier alpha value is -2.71. The van der Waals surface area contributed by atoms with E-state index < -0.39 is 73.1 Å². The van der Waals surface area contributed by atoms with E-state index in [9.17, 15) is 35.4 Å². The summed E-state index contributed by atoms with van der Waals surface area (Å²) in [5.74, 6) is -1.69. The molecule has 3 aliphatic rings. The maximum atomic E-state index is 12.6. The van der Waals surface area contributed by atoms with Crippen LogP contribution in [-0.2, 0) is 23.7 Å². The van der Waals surface area contributed by atoms with Crippen LogP contribution in [0.25, 0.3) is 6.08 Å². The van der Waals surface area contributed by atoms with Crippen molar-refractivity contribution in [2.24, 2.45) is 11.8 Å². The van der Waals surface area contributed by atoms with Crippen LogP contribution in [0.3, 0.4) is 0 Å². The number of rotatable bonds is 7. The zero-order valence-electron chi connectivity index (χ0n) is 20.3. The Morgan fingerprint density at radius 2 is 1.95 bits per heavy atom. The number of hydrogen-bond acceptors (Lipinski definition) is 12. The van der Waals surface area contributed by atoms with E-state index in [4.69, 9.17) is 23.7 Å². The first-order valence-electron chi connectivity index (χ1n) is 11.8. The van der Waals surface area contributed by atoms with E-state index >= 15 is 0 Å². The van der Waals surface area contributed by atoms with Crippen molar-refractivity contribution >= 4 is 12.0 Å². The summed E-state index contributed by atoms with van der Waals surface area (Å²) in [6, 6.07) is 4.59. The number of hydrogen-bond donors (Lipinski definition) is 6. The number of carbonyl (C=O) groups excluding carboxylic acids is 1. The lowest BCUT2D eigenvalue weighted by molar-refractivity contribution is -0.346. The molecular weight excluding hydrogens is 492 g/mol. The van der Waals surface area contributed by atoms with Crippen LogP contribution in [0, 0.1) is 11.8 Å². The number of aliphatic hydroxyl groups excluding tert-OH is 4. The van der Waals surface area contributed by atoms with Crippen LogP contribution < -0.4 is 4.74 Å². The Labute approximate surface area is 212 Å². The SMILES string of the molecule is COc1cc(/C=C/C(=O)O[C@@H]2C[C@](C)(O)[C@H]3[C@H](O[C@@H]4O[C@H](CO)[C@@H](O)[C@H](O)[C@H]4O)OC=C[C@H]32)ccc1O. The van der Waals surface area contributed by atoms with Gasteiger partial charge in [-0.25, -0.2) is 4.79 Å². The molecule has 1 saturated carbocycles. The molecule has 0 unspecified atom stereocenters. The van der Waals surface area contributed by atoms with Gasteiger partial charge in [-0.2, -0.15) is 0 Å². The fraction of sp³-hybridized carbons (Fsp3) is 0.560. The molecule has 37 heavy (non-hydrogen) atoms. The number of fused-ring (bicyclic) bond motifs is 1. The van der Waals surface area contributed by atoms with E-state index in [0.717, 1.165) is 0 Å². The second-order valence-corrected chi connectivity index (χ2v) is 9.57. The van der Waals surface area contributed by atoms with Crippen molar-refractivity contribution in [3.05, 3.63) is 42.2 Å². The highest BCUT2D eigenvalue weighted by molar-refractivity contribution is 5.87. The van der Waals surface area contributed by atoms with E-state index in [1.165, 1.54) is 31.6 Å². The Morgan fingerprint density at radius 1 is 1.19 bits per heavy atom. The third-order valence-corrected chi connectivity index (χ3v) is 6.98. The van der Waals surface area contributed by atoms with E-state index in [1.807, 2.05) is 0 Å². The molecule has 0 aromatic heterocycles. The zero-order chi connectivity index (χ0) is 26.9. The van der Waals surface area contributed by atoms with Crippen molar-refractivity contribution in [3.63, 3.8) is 0 Å². The van der Waals surface area contributed by atoms with Crippen LogP contribution in [0.2, 0.25) is 0 Å². The number of esters is 1. The topological polar surface area (TPSA) is 185 Å². The highest BCUT2D eigenvalue weighted by Crippen LogP contribution is 2.48. The summed E-state index contributed by atoms with van der Waals surface area (Å²) >= 11 is 0. The average Bonchev–Trinajstić information content (AvgIpc) is 3.13. The minimum Gasteiger partial charge on any atom is -0.504 e. The maximum Gasteiger partial charge on any atom is 0.331 e. The molecule has 1 aromatic carbocycles. The van der Waals surface area contributed by atoms with Gasteiger partial charge in [0.15, 0.2) is 17.8 Å². The van der Waals surface area contributed by atoms with Crippen molar-refractivity contribution in [2.75, 3.05) is 13.7 Å². The number of carbonyl (C=O) groups is 1. The standard InChI is InChI=1S/C25H32O12/c1-25(32)10-16(35-18(28)6-4-12-3-5-14(27)15(9-12)33-2)13-7-8-34-23(19(13)25)37-24-22(31)21(30)20(29)17(11-26)36-24/h3-9,13,16-17,19-24,26-27,29-32H,10-11H2,1-2H3/b6-4+/t13-,16+,17+,19+,20+,21-,22+,23-,24-,25-/m0/s1. The number of phenols is 1. The molecule has 6 N–H and O–H groups in total. The molecule has 12 nitrogen and oxygen atoms in total. The fourth-order valence-corrected chi connectivity index (χ4v) is 5.04. The van der Waals surface area contributed by atoms with Crippen LogP contribution in [0.4, 0.5) is 0 Å². The molecule has 10 atom stereocenters. The molecule has 2 fully saturated rings. The van der Waals surface area contributed by atoms with Crippen molar-refractivity contribution < 1.29 is 59.1 Å². The summed E-state index contributed by atoms with van der Waals surface area (Å²) in [5, 5.41) is 60.6. The van der Waals surface area contributed by atoms with Gasteiger partial charge in [-0.15, -0.1) is 0 Å². The van der Waals surface area contributed by atoms with Crippen molar-refractivity contribution in [3.8, 4) is 11.5 Å². The lowest BCUT2D eigenvalue weighted by Gasteiger charge is -2.43. The second kappa shape index (κ2) is 11.0. The summed E-state index contributed by atoms with van der Waals surface area (Å²) in [4.78, 5) is 12.6. The van der Waals surface area contributed by atoms with Crippen LogP contribution in [0.5, 0.6) is 11.5 Å². The van der Waals surface area contributed by atoms with Gasteiger partial charge in [0.1, 0.15) is 30.5 Å². The van der Waals surface area contributed by atoms with Gasteiger partial charge < -0.3 is 54.3 Å². The zero-order valence-corrected chi connectivity index (χ0v) is 20.3. The first-order valence-corrected chi connectivity index (χ1v) is 11.8. The Balaban J connectivity index is 1.44. The van der Waals surface area contributed by atoms with Gasteiger partial charge in [-0.05, 0) is 36.8 Å². The molecule has 4 rings (SSSR count). The third kappa shape index (κ3) is 5.60. The number of methoxy groups -OCH3 is 1. The molecule has 0 spiro atoms. The van der Waals surface area contributed by atoms with Crippen LogP contribution in [-0.4, -0.2) is 99.0 Å². The van der Waals surface area contributed by atoms with Crippen molar-refractivity contribution in [1.29, 1.82) is 0 Å². The fourth-order valence-electron chi connectivity index (χ4n) is 5.04. The third-order valence-electron chi connectivity index (χ3n) is 6.98. The van der Waals surface area contributed by atoms with Crippen molar-refractivity contribution in [2.45, 2.75) is 62.0 Å². The first kappa shape index (κ1) is 27.3. The van der Waals surface area contributed by atoms with E-state index in [-0.39, 0.29) is 17.9 Å². The van der Waals surface area contributed by atoms with Crippen LogP contribution in [0.15, 0.2) is 36.6 Å². The van der Waals surface area contributed by atoms with Gasteiger partial charge in [0.05, 0.1) is 31.5 Å². The van der Waals surface area contributed by atoms with Crippen LogP contribution >= 0.6 is 0 Å². The lowest BCUT2D eigenvalue weighted by atomic mass is 9.85. The molecule has 12 heteroatoms. The molecule has 0 radical (unpaired) electrons. The van der Waals surface area contributed by atoms with Gasteiger partial charge in [0.25, 0.3) is 0 Å². The summed E-state index contributed by atoms with van der Waals surface area (Å²) in [7, 11) is 1.41. The Kier molecular flexibility index (Phi) is 8.09. The number of aromatic hydroxyl groups is 1.